The van der Waals surface area contributed by atoms with E-state index in [1.807, 2.05) is 18.6 Å². The molecule has 3 aromatic heterocycles. The fourth-order valence-electron chi connectivity index (χ4n) is 3.11. The molecule has 0 unspecified atom stereocenters. The molecule has 1 aliphatic rings. The number of hydrogen-bond acceptors (Lipinski definition) is 6. The predicted octanol–water partition coefficient (Wildman–Crippen LogP) is 1.73. The molecule has 0 bridgehead atoms. The summed E-state index contributed by atoms with van der Waals surface area (Å²) in [5.41, 5.74) is 1.96. The summed E-state index contributed by atoms with van der Waals surface area (Å²) in [4.78, 5) is 13.5. The van der Waals surface area contributed by atoms with E-state index in [1.165, 1.54) is 0 Å². The van der Waals surface area contributed by atoms with Crippen molar-refractivity contribution in [3.63, 3.8) is 0 Å². The number of nitrogens with one attached hydrogen (secondary N) is 2. The second-order valence-corrected chi connectivity index (χ2v) is 5.95. The molecule has 0 radical (unpaired) electrons. The molecule has 1 fully saturated rings. The molecule has 8 nitrogen and oxygen atoms in total. The predicted molar refractivity (Wildman–Crippen MR) is 89.9 cm³/mol. The first-order valence-electron chi connectivity index (χ1n) is 8.35. The first-order chi connectivity index (χ1) is 11.8. The summed E-state index contributed by atoms with van der Waals surface area (Å²) in [6, 6.07) is 2.07. The molecule has 0 spiro atoms. The zero-order chi connectivity index (χ0) is 16.5. The summed E-state index contributed by atoms with van der Waals surface area (Å²) in [5.74, 6) is 2.59. The maximum absolute atomic E-state index is 5.67. The van der Waals surface area contributed by atoms with E-state index in [2.05, 4.69) is 48.9 Å². The molecule has 1 aliphatic heterocycles. The zero-order valence-electron chi connectivity index (χ0n) is 13.9. The minimum absolute atomic E-state index is 0.0791. The second kappa shape index (κ2) is 6.20. The van der Waals surface area contributed by atoms with E-state index in [9.17, 15) is 0 Å². The maximum atomic E-state index is 5.67. The number of ether oxygens (including phenoxy) is 1. The van der Waals surface area contributed by atoms with Gasteiger partial charge in [0.15, 0.2) is 11.6 Å². The Labute approximate surface area is 139 Å². The smallest absolute Gasteiger partial charge is 0.158 e. The molecule has 4 heterocycles. The van der Waals surface area contributed by atoms with Crippen molar-refractivity contribution in [3.05, 3.63) is 30.2 Å². The molecule has 2 atom stereocenters. The molecule has 126 valence electrons. The number of aromatic amines is 1. The van der Waals surface area contributed by atoms with E-state index >= 15 is 0 Å². The van der Waals surface area contributed by atoms with Crippen LogP contribution in [-0.2, 0) is 17.7 Å². The highest BCUT2D eigenvalue weighted by Gasteiger charge is 2.33. The Morgan fingerprint density at radius 2 is 2.25 bits per heavy atom. The molecule has 0 saturated carbocycles. The zero-order valence-corrected chi connectivity index (χ0v) is 13.9. The average molecular weight is 327 g/mol. The number of fused-ring (bicyclic) bond motifs is 1. The largest absolute Gasteiger partial charge is 0.378 e. The van der Waals surface area contributed by atoms with Crippen molar-refractivity contribution in [2.45, 2.75) is 38.8 Å². The van der Waals surface area contributed by atoms with Crippen LogP contribution in [0.25, 0.3) is 11.0 Å². The van der Waals surface area contributed by atoms with Crippen LogP contribution in [-0.4, -0.2) is 49.0 Å². The van der Waals surface area contributed by atoms with Crippen LogP contribution in [0.4, 0.5) is 5.82 Å². The van der Waals surface area contributed by atoms with Crippen LogP contribution in [0.15, 0.2) is 18.6 Å². The highest BCUT2D eigenvalue weighted by Crippen LogP contribution is 2.28. The molecule has 8 heteroatoms. The summed E-state index contributed by atoms with van der Waals surface area (Å²) in [7, 11) is 0. The van der Waals surface area contributed by atoms with Crippen molar-refractivity contribution in [1.82, 2.24) is 29.7 Å². The van der Waals surface area contributed by atoms with Gasteiger partial charge >= 0.3 is 0 Å². The Morgan fingerprint density at radius 1 is 1.33 bits per heavy atom. The molecule has 24 heavy (non-hydrogen) atoms. The fourth-order valence-corrected chi connectivity index (χ4v) is 3.11. The minimum Gasteiger partial charge on any atom is -0.378 e. The van der Waals surface area contributed by atoms with Gasteiger partial charge in [-0.15, -0.1) is 0 Å². The third kappa shape index (κ3) is 2.52. The standard InChI is InChI=1S/C16H21N7O/c1-3-13-20-15(22-21-13)10-7-24-8-11(10)19-16-14-12(5-6-17-16)23(4-2)9-18-14/h5-6,9-11H,3-4,7-8H2,1-2H3,(H,17,19)(H,20,21,22)/t10-,11+/m1/s1. The van der Waals surface area contributed by atoms with Gasteiger partial charge in [0.25, 0.3) is 0 Å². The van der Waals surface area contributed by atoms with Gasteiger partial charge in [0.05, 0.1) is 37.0 Å². The Kier molecular flexibility index (Phi) is 3.89. The van der Waals surface area contributed by atoms with Gasteiger partial charge in [0.1, 0.15) is 11.3 Å². The van der Waals surface area contributed by atoms with E-state index in [0.717, 1.165) is 41.5 Å². The van der Waals surface area contributed by atoms with E-state index < -0.39 is 0 Å². The van der Waals surface area contributed by atoms with Gasteiger partial charge in [0, 0.05) is 19.2 Å². The summed E-state index contributed by atoms with van der Waals surface area (Å²) in [6.07, 6.45) is 4.50. The van der Waals surface area contributed by atoms with E-state index in [-0.39, 0.29) is 12.0 Å². The van der Waals surface area contributed by atoms with E-state index in [0.29, 0.717) is 13.2 Å². The highest BCUT2D eigenvalue weighted by molar-refractivity contribution is 5.86. The van der Waals surface area contributed by atoms with Crippen molar-refractivity contribution >= 4 is 16.9 Å². The number of nitrogens with zero attached hydrogens (tertiary/aromatic N) is 5. The molecule has 0 aromatic carbocycles. The Morgan fingerprint density at radius 3 is 3.04 bits per heavy atom. The molecule has 3 aromatic rings. The quantitative estimate of drug-likeness (QED) is 0.741. The fraction of sp³-hybridized carbons (Fsp3) is 0.500. The van der Waals surface area contributed by atoms with Crippen LogP contribution in [0.2, 0.25) is 0 Å². The number of rotatable bonds is 5. The molecule has 0 amide bonds. The lowest BCUT2D eigenvalue weighted by molar-refractivity contribution is 0.191. The normalized spacial score (nSPS) is 20.8. The summed E-state index contributed by atoms with van der Waals surface area (Å²) < 4.78 is 7.77. The highest BCUT2D eigenvalue weighted by atomic mass is 16.5. The van der Waals surface area contributed by atoms with Gasteiger partial charge < -0.3 is 14.6 Å². The van der Waals surface area contributed by atoms with Crippen molar-refractivity contribution < 1.29 is 4.74 Å². The maximum Gasteiger partial charge on any atom is 0.158 e. The number of anilines is 1. The van der Waals surface area contributed by atoms with Gasteiger partial charge in [0.2, 0.25) is 0 Å². The monoisotopic (exact) mass is 327 g/mol. The SMILES string of the molecule is CCc1nc([C@@H]2COC[C@@H]2Nc2nccc3c2ncn3CC)n[nH]1. The molecule has 4 rings (SSSR count). The first-order valence-corrected chi connectivity index (χ1v) is 8.35. The van der Waals surface area contributed by atoms with Crippen LogP contribution in [0.3, 0.4) is 0 Å². The molecule has 1 saturated heterocycles. The summed E-state index contributed by atoms with van der Waals surface area (Å²) >= 11 is 0. The van der Waals surface area contributed by atoms with Crippen molar-refractivity contribution in [2.75, 3.05) is 18.5 Å². The summed E-state index contributed by atoms with van der Waals surface area (Å²) in [6.45, 7) is 6.25. The number of pyridine rings is 1. The average Bonchev–Trinajstić information content (AvgIpc) is 3.33. The number of aryl methyl sites for hydroxylation is 2. The summed E-state index contributed by atoms with van der Waals surface area (Å²) in [5, 5.41) is 10.8. The molecule has 0 aliphatic carbocycles. The van der Waals surface area contributed by atoms with Crippen LogP contribution in [0.1, 0.15) is 31.4 Å². The first kappa shape index (κ1) is 15.1. The van der Waals surface area contributed by atoms with E-state index in [4.69, 9.17) is 4.74 Å². The van der Waals surface area contributed by atoms with Gasteiger partial charge in [-0.2, -0.15) is 5.10 Å². The molecule has 2 N–H and O–H groups in total. The lowest BCUT2D eigenvalue weighted by Crippen LogP contribution is -2.27. The molecular weight excluding hydrogens is 306 g/mol. The van der Waals surface area contributed by atoms with Gasteiger partial charge in [-0.1, -0.05) is 6.92 Å². The lowest BCUT2D eigenvalue weighted by Gasteiger charge is -2.17. The number of H-pyrrole nitrogens is 1. The molecular formula is C16H21N7O. The number of hydrogen-bond donors (Lipinski definition) is 2. The Balaban J connectivity index is 1.61. The number of imidazole rings is 1. The topological polar surface area (TPSA) is 93.5 Å². The van der Waals surface area contributed by atoms with Gasteiger partial charge in [-0.25, -0.2) is 15.0 Å². The Bertz CT molecular complexity index is 840. The van der Waals surface area contributed by atoms with Crippen LogP contribution in [0, 0.1) is 0 Å². The van der Waals surface area contributed by atoms with Crippen LogP contribution < -0.4 is 5.32 Å². The van der Waals surface area contributed by atoms with Gasteiger partial charge in [-0.3, -0.25) is 5.10 Å². The minimum atomic E-state index is 0.0791. The Hall–Kier alpha value is -2.48. The van der Waals surface area contributed by atoms with Crippen LogP contribution in [0.5, 0.6) is 0 Å². The van der Waals surface area contributed by atoms with Crippen molar-refractivity contribution in [1.29, 1.82) is 0 Å². The second-order valence-electron chi connectivity index (χ2n) is 5.95. The third-order valence-corrected chi connectivity index (χ3v) is 4.50. The van der Waals surface area contributed by atoms with Crippen molar-refractivity contribution in [2.24, 2.45) is 0 Å². The van der Waals surface area contributed by atoms with Crippen molar-refractivity contribution in [3.8, 4) is 0 Å². The third-order valence-electron chi connectivity index (χ3n) is 4.50. The van der Waals surface area contributed by atoms with Crippen LogP contribution >= 0.6 is 0 Å². The lowest BCUT2D eigenvalue weighted by atomic mass is 10.0. The number of aromatic nitrogens is 6. The van der Waals surface area contributed by atoms with Gasteiger partial charge in [-0.05, 0) is 13.0 Å². The van der Waals surface area contributed by atoms with E-state index in [1.54, 1.807) is 0 Å².